The molecule has 2 rings (SSSR count). The van der Waals surface area contributed by atoms with E-state index in [1.165, 1.54) is 0 Å². The average molecular weight is 151 g/mol. The van der Waals surface area contributed by atoms with Gasteiger partial charge < -0.3 is 9.47 Å². The van der Waals surface area contributed by atoms with Crippen molar-refractivity contribution in [2.45, 2.75) is 0 Å². The molecule has 57 valence electrons. The molecule has 1 aliphatic rings. The maximum Gasteiger partial charge on any atom is 0.276 e. The lowest BCUT2D eigenvalue weighted by molar-refractivity contribution is 0.162. The second-order valence-corrected chi connectivity index (χ2v) is 2.20. The van der Waals surface area contributed by atoms with E-state index in [1.54, 1.807) is 6.07 Å². The molecule has 0 fully saturated rings. The fourth-order valence-corrected chi connectivity index (χ4v) is 0.894. The summed E-state index contributed by atoms with van der Waals surface area (Å²) >= 11 is 0. The minimum Gasteiger partial charge on any atom is -0.484 e. The molecule has 1 aromatic rings. The number of nitrogens with zero attached hydrogens (tertiary/aromatic N) is 2. The van der Waals surface area contributed by atoms with Crippen molar-refractivity contribution in [1.29, 1.82) is 0 Å². The first kappa shape index (κ1) is 6.39. The highest BCUT2D eigenvalue weighted by Gasteiger charge is 2.12. The van der Waals surface area contributed by atoms with Gasteiger partial charge >= 0.3 is 0 Å². The SMILES string of the molecule is [CH2]c1cc2c(nn1)OCCO2. The maximum atomic E-state index is 5.24. The normalized spacial score (nSPS) is 14.6. The smallest absolute Gasteiger partial charge is 0.276 e. The summed E-state index contributed by atoms with van der Waals surface area (Å²) in [5.74, 6) is 1.10. The summed E-state index contributed by atoms with van der Waals surface area (Å²) in [7, 11) is 0. The number of hydrogen-bond donors (Lipinski definition) is 0. The lowest BCUT2D eigenvalue weighted by atomic mass is 10.4. The Morgan fingerprint density at radius 2 is 2.09 bits per heavy atom. The van der Waals surface area contributed by atoms with Gasteiger partial charge in [-0.1, -0.05) is 0 Å². The molecule has 4 heteroatoms. The second kappa shape index (κ2) is 2.38. The summed E-state index contributed by atoms with van der Waals surface area (Å²) in [6.07, 6.45) is 0. The molecule has 0 unspecified atom stereocenters. The van der Waals surface area contributed by atoms with Crippen LogP contribution in [0.25, 0.3) is 0 Å². The zero-order valence-corrected chi connectivity index (χ0v) is 5.91. The molecule has 0 aliphatic carbocycles. The van der Waals surface area contributed by atoms with Crippen LogP contribution < -0.4 is 9.47 Å². The van der Waals surface area contributed by atoms with Crippen LogP contribution in [0, 0.1) is 6.92 Å². The standard InChI is InChI=1S/C7H7N2O2/c1-5-4-6-7(9-8-5)11-3-2-10-6/h4H,1-3H2. The first-order valence-electron chi connectivity index (χ1n) is 3.31. The van der Waals surface area contributed by atoms with Crippen molar-refractivity contribution in [1.82, 2.24) is 10.2 Å². The fourth-order valence-electron chi connectivity index (χ4n) is 0.894. The molecule has 2 heterocycles. The Labute approximate surface area is 64.2 Å². The second-order valence-electron chi connectivity index (χ2n) is 2.20. The molecule has 1 radical (unpaired) electrons. The van der Waals surface area contributed by atoms with Crippen molar-refractivity contribution in [2.24, 2.45) is 0 Å². The lowest BCUT2D eigenvalue weighted by Gasteiger charge is -2.15. The zero-order valence-electron chi connectivity index (χ0n) is 5.91. The largest absolute Gasteiger partial charge is 0.484 e. The van der Waals surface area contributed by atoms with Crippen molar-refractivity contribution >= 4 is 0 Å². The van der Waals surface area contributed by atoms with Crippen LogP contribution in [-0.2, 0) is 0 Å². The maximum absolute atomic E-state index is 5.24. The highest BCUT2D eigenvalue weighted by molar-refractivity contribution is 5.35. The van der Waals surface area contributed by atoms with Crippen molar-refractivity contribution in [3.8, 4) is 11.6 Å². The van der Waals surface area contributed by atoms with Gasteiger partial charge in [-0.3, -0.25) is 0 Å². The fraction of sp³-hybridized carbons (Fsp3) is 0.286. The Morgan fingerprint density at radius 3 is 3.00 bits per heavy atom. The topological polar surface area (TPSA) is 44.2 Å². The Bertz CT molecular complexity index is 275. The first-order chi connectivity index (χ1) is 5.36. The molecule has 4 nitrogen and oxygen atoms in total. The molecule has 0 amide bonds. The summed E-state index contributed by atoms with van der Waals surface area (Å²) in [6.45, 7) is 4.73. The van der Waals surface area contributed by atoms with Gasteiger partial charge in [0.1, 0.15) is 13.2 Å². The third-order valence-electron chi connectivity index (χ3n) is 1.36. The van der Waals surface area contributed by atoms with E-state index >= 15 is 0 Å². The van der Waals surface area contributed by atoms with E-state index in [-0.39, 0.29) is 0 Å². The van der Waals surface area contributed by atoms with E-state index in [0.717, 1.165) is 0 Å². The number of fused-ring (bicyclic) bond motifs is 1. The zero-order chi connectivity index (χ0) is 7.68. The van der Waals surface area contributed by atoms with Gasteiger partial charge in [0.25, 0.3) is 5.88 Å². The third kappa shape index (κ3) is 1.11. The van der Waals surface area contributed by atoms with Crippen molar-refractivity contribution in [3.05, 3.63) is 18.7 Å². The van der Waals surface area contributed by atoms with Crippen LogP contribution in [0.5, 0.6) is 11.6 Å². The van der Waals surface area contributed by atoms with Gasteiger partial charge in [-0.05, 0) is 6.92 Å². The van der Waals surface area contributed by atoms with E-state index in [9.17, 15) is 0 Å². The quantitative estimate of drug-likeness (QED) is 0.539. The molecule has 0 atom stereocenters. The predicted molar refractivity (Wildman–Crippen MR) is 37.5 cm³/mol. The number of hydrogen-bond acceptors (Lipinski definition) is 4. The van der Waals surface area contributed by atoms with Gasteiger partial charge in [-0.15, -0.1) is 5.10 Å². The Balaban J connectivity index is 2.43. The summed E-state index contributed by atoms with van der Waals surface area (Å²) in [5, 5.41) is 7.49. The van der Waals surface area contributed by atoms with E-state index in [0.29, 0.717) is 30.5 Å². The van der Waals surface area contributed by atoms with E-state index in [2.05, 4.69) is 17.1 Å². The number of rotatable bonds is 0. The first-order valence-corrected chi connectivity index (χ1v) is 3.31. The highest BCUT2D eigenvalue weighted by atomic mass is 16.6. The van der Waals surface area contributed by atoms with E-state index < -0.39 is 0 Å². The predicted octanol–water partition coefficient (Wildman–Crippen LogP) is 0.430. The summed E-state index contributed by atoms with van der Waals surface area (Å²) in [6, 6.07) is 1.71. The van der Waals surface area contributed by atoms with E-state index in [1.807, 2.05) is 0 Å². The summed E-state index contributed by atoms with van der Waals surface area (Å²) < 4.78 is 10.4. The van der Waals surface area contributed by atoms with Gasteiger partial charge in [0.05, 0.1) is 5.69 Å². The monoisotopic (exact) mass is 151 g/mol. The Kier molecular flexibility index (Phi) is 1.38. The van der Waals surface area contributed by atoms with E-state index in [4.69, 9.17) is 9.47 Å². The van der Waals surface area contributed by atoms with Crippen LogP contribution in [0.4, 0.5) is 0 Å². The number of aromatic nitrogens is 2. The molecule has 0 saturated heterocycles. The molecule has 0 saturated carbocycles. The van der Waals surface area contributed by atoms with Crippen molar-refractivity contribution in [2.75, 3.05) is 13.2 Å². The molecule has 0 aromatic carbocycles. The van der Waals surface area contributed by atoms with Crippen LogP contribution in [0.3, 0.4) is 0 Å². The Morgan fingerprint density at radius 1 is 1.27 bits per heavy atom. The van der Waals surface area contributed by atoms with Gasteiger partial charge in [-0.2, -0.15) is 5.10 Å². The van der Waals surface area contributed by atoms with Crippen LogP contribution >= 0.6 is 0 Å². The molecule has 11 heavy (non-hydrogen) atoms. The molecule has 1 aliphatic heterocycles. The summed E-state index contributed by atoms with van der Waals surface area (Å²) in [5.41, 5.74) is 0.592. The molecule has 0 N–H and O–H groups in total. The summed E-state index contributed by atoms with van der Waals surface area (Å²) in [4.78, 5) is 0. The average Bonchev–Trinajstić information content (AvgIpc) is 2.04. The van der Waals surface area contributed by atoms with Crippen LogP contribution in [0.2, 0.25) is 0 Å². The minimum absolute atomic E-state index is 0.462. The van der Waals surface area contributed by atoms with Gasteiger partial charge in [0.2, 0.25) is 0 Å². The molecule has 0 spiro atoms. The van der Waals surface area contributed by atoms with Crippen LogP contribution in [0.1, 0.15) is 5.69 Å². The molecular formula is C7H7N2O2. The lowest BCUT2D eigenvalue weighted by Crippen LogP contribution is -2.16. The highest BCUT2D eigenvalue weighted by Crippen LogP contribution is 2.26. The van der Waals surface area contributed by atoms with Crippen molar-refractivity contribution in [3.63, 3.8) is 0 Å². The van der Waals surface area contributed by atoms with Crippen LogP contribution in [0.15, 0.2) is 6.07 Å². The van der Waals surface area contributed by atoms with Gasteiger partial charge in [-0.25, -0.2) is 0 Å². The van der Waals surface area contributed by atoms with Gasteiger partial charge in [0, 0.05) is 6.07 Å². The minimum atomic E-state index is 0.462. The van der Waals surface area contributed by atoms with Gasteiger partial charge in [0.15, 0.2) is 5.75 Å². The number of ether oxygens (including phenoxy) is 2. The molecular weight excluding hydrogens is 144 g/mol. The van der Waals surface area contributed by atoms with Crippen molar-refractivity contribution < 1.29 is 9.47 Å². The molecule has 1 aromatic heterocycles. The molecule has 0 bridgehead atoms. The third-order valence-corrected chi connectivity index (χ3v) is 1.36. The Hall–Kier alpha value is -1.32. The van der Waals surface area contributed by atoms with Crippen LogP contribution in [-0.4, -0.2) is 23.4 Å².